The molecule has 0 aromatic heterocycles. The quantitative estimate of drug-likeness (QED) is 0.505. The van der Waals surface area contributed by atoms with Crippen molar-refractivity contribution >= 4 is 5.78 Å². The predicted octanol–water partition coefficient (Wildman–Crippen LogP) is 4.46. The van der Waals surface area contributed by atoms with Gasteiger partial charge in [0.1, 0.15) is 0 Å². The highest BCUT2D eigenvalue weighted by atomic mass is 16.1. The van der Waals surface area contributed by atoms with Crippen LogP contribution in [0.3, 0.4) is 0 Å². The third kappa shape index (κ3) is 3.99. The summed E-state index contributed by atoms with van der Waals surface area (Å²) < 4.78 is 0. The summed E-state index contributed by atoms with van der Waals surface area (Å²) in [4.78, 5) is 11.6. The summed E-state index contributed by atoms with van der Waals surface area (Å²) in [6, 6.07) is 0. The molecule has 0 unspecified atom stereocenters. The van der Waals surface area contributed by atoms with Crippen LogP contribution in [0, 0.1) is 11.3 Å². The van der Waals surface area contributed by atoms with Gasteiger partial charge >= 0.3 is 0 Å². The monoisotopic (exact) mass is 232 g/mol. The molecule has 1 atom stereocenters. The van der Waals surface area contributed by atoms with Gasteiger partial charge in [0.2, 0.25) is 0 Å². The van der Waals surface area contributed by atoms with Crippen LogP contribution in [0.2, 0.25) is 0 Å². The lowest BCUT2D eigenvalue weighted by molar-refractivity contribution is -0.114. The van der Waals surface area contributed by atoms with E-state index in [9.17, 15) is 4.79 Å². The zero-order chi connectivity index (χ0) is 12.9. The average Bonchev–Trinajstić information content (AvgIpc) is 2.24. The van der Waals surface area contributed by atoms with Crippen LogP contribution in [0.1, 0.15) is 46.5 Å². The molecule has 0 saturated heterocycles. The van der Waals surface area contributed by atoms with E-state index in [1.54, 1.807) is 12.2 Å². The minimum atomic E-state index is 0.207. The summed E-state index contributed by atoms with van der Waals surface area (Å²) in [5.74, 6) is 0.614. The van der Waals surface area contributed by atoms with Crippen molar-refractivity contribution in [1.29, 1.82) is 0 Å². The van der Waals surface area contributed by atoms with Crippen LogP contribution < -0.4 is 0 Å². The van der Waals surface area contributed by atoms with Gasteiger partial charge in [-0.1, -0.05) is 37.6 Å². The fourth-order valence-corrected chi connectivity index (χ4v) is 2.51. The number of carbonyl (C=O) groups excluding carboxylic acids is 1. The molecule has 1 aliphatic carbocycles. The van der Waals surface area contributed by atoms with Crippen molar-refractivity contribution < 1.29 is 4.79 Å². The number of allylic oxidation sites excluding steroid dienone is 5. The van der Waals surface area contributed by atoms with Gasteiger partial charge in [0, 0.05) is 12.3 Å². The fourth-order valence-electron chi connectivity index (χ4n) is 2.51. The first-order valence-corrected chi connectivity index (χ1v) is 6.46. The standard InChI is InChI=1S/C16H24O/c1-5-6-9-14(17)10-11-15-13(2)8-7-12-16(15,3)4/h5,8,10-11,15H,1,6-7,9,12H2,2-4H3/b11-10-/t15-/m1/s1. The van der Waals surface area contributed by atoms with Crippen molar-refractivity contribution in [3.63, 3.8) is 0 Å². The highest BCUT2D eigenvalue weighted by Crippen LogP contribution is 2.41. The molecule has 0 aromatic carbocycles. The first-order chi connectivity index (χ1) is 7.97. The molecule has 0 bridgehead atoms. The molecule has 94 valence electrons. The first-order valence-electron chi connectivity index (χ1n) is 6.46. The molecule has 0 fully saturated rings. The van der Waals surface area contributed by atoms with Gasteiger partial charge in [0.15, 0.2) is 5.78 Å². The van der Waals surface area contributed by atoms with Crippen LogP contribution in [-0.4, -0.2) is 5.78 Å². The Hall–Kier alpha value is -1.11. The van der Waals surface area contributed by atoms with E-state index in [0.717, 1.165) is 12.8 Å². The second-order valence-electron chi connectivity index (χ2n) is 5.61. The van der Waals surface area contributed by atoms with Gasteiger partial charge < -0.3 is 0 Å². The van der Waals surface area contributed by atoms with Crippen molar-refractivity contribution in [1.82, 2.24) is 0 Å². The summed E-state index contributed by atoms with van der Waals surface area (Å²) >= 11 is 0. The Morgan fingerprint density at radius 1 is 1.59 bits per heavy atom. The zero-order valence-electron chi connectivity index (χ0n) is 11.3. The van der Waals surface area contributed by atoms with Gasteiger partial charge in [0.25, 0.3) is 0 Å². The van der Waals surface area contributed by atoms with E-state index in [0.29, 0.717) is 12.3 Å². The number of ketones is 1. The Kier molecular flexibility index (Phi) is 4.92. The molecular formula is C16H24O. The molecule has 17 heavy (non-hydrogen) atoms. The van der Waals surface area contributed by atoms with E-state index in [1.165, 1.54) is 12.0 Å². The van der Waals surface area contributed by atoms with Crippen LogP contribution in [0.25, 0.3) is 0 Å². The molecule has 0 aliphatic heterocycles. The Morgan fingerprint density at radius 3 is 2.88 bits per heavy atom. The molecular weight excluding hydrogens is 208 g/mol. The molecule has 0 radical (unpaired) electrons. The fraction of sp³-hybridized carbons (Fsp3) is 0.562. The lowest BCUT2D eigenvalue weighted by Gasteiger charge is -2.36. The Labute approximate surface area is 105 Å². The van der Waals surface area contributed by atoms with Crippen molar-refractivity contribution in [2.45, 2.75) is 46.5 Å². The number of carbonyl (C=O) groups is 1. The molecule has 1 heteroatoms. The Morgan fingerprint density at radius 2 is 2.29 bits per heavy atom. The maximum atomic E-state index is 11.6. The van der Waals surface area contributed by atoms with Gasteiger partial charge in [-0.2, -0.15) is 0 Å². The van der Waals surface area contributed by atoms with E-state index in [1.807, 2.05) is 0 Å². The molecule has 0 aromatic rings. The first kappa shape index (κ1) is 14.0. The maximum Gasteiger partial charge on any atom is 0.155 e. The summed E-state index contributed by atoms with van der Waals surface area (Å²) in [5, 5.41) is 0. The molecule has 1 aliphatic rings. The lowest BCUT2D eigenvalue weighted by Crippen LogP contribution is -2.26. The molecule has 0 amide bonds. The molecule has 0 N–H and O–H groups in total. The second kappa shape index (κ2) is 6.00. The molecule has 0 spiro atoms. The maximum absolute atomic E-state index is 11.6. The van der Waals surface area contributed by atoms with Crippen molar-refractivity contribution in [2.75, 3.05) is 0 Å². The Bertz CT molecular complexity index is 345. The SMILES string of the molecule is C=CCCC(=O)/C=C\[C@@H]1C(C)=CCCC1(C)C. The highest BCUT2D eigenvalue weighted by molar-refractivity contribution is 5.89. The van der Waals surface area contributed by atoms with E-state index in [4.69, 9.17) is 0 Å². The van der Waals surface area contributed by atoms with Crippen molar-refractivity contribution in [3.8, 4) is 0 Å². The van der Waals surface area contributed by atoms with Crippen LogP contribution in [0.5, 0.6) is 0 Å². The lowest BCUT2D eigenvalue weighted by atomic mass is 9.68. The topological polar surface area (TPSA) is 17.1 Å². The second-order valence-corrected chi connectivity index (χ2v) is 5.61. The molecule has 1 rings (SSSR count). The van der Waals surface area contributed by atoms with Gasteiger partial charge in [0.05, 0.1) is 0 Å². The van der Waals surface area contributed by atoms with Crippen LogP contribution in [0.15, 0.2) is 36.5 Å². The van der Waals surface area contributed by atoms with Gasteiger partial charge in [-0.15, -0.1) is 6.58 Å². The molecule has 0 saturated carbocycles. The van der Waals surface area contributed by atoms with E-state index < -0.39 is 0 Å². The van der Waals surface area contributed by atoms with Crippen molar-refractivity contribution in [3.05, 3.63) is 36.5 Å². The summed E-state index contributed by atoms with van der Waals surface area (Å²) in [5.41, 5.74) is 1.67. The summed E-state index contributed by atoms with van der Waals surface area (Å²) in [7, 11) is 0. The largest absolute Gasteiger partial charge is 0.295 e. The predicted molar refractivity (Wildman–Crippen MR) is 73.8 cm³/mol. The highest BCUT2D eigenvalue weighted by Gasteiger charge is 2.30. The molecule has 0 heterocycles. The average molecular weight is 232 g/mol. The zero-order valence-corrected chi connectivity index (χ0v) is 11.3. The minimum absolute atomic E-state index is 0.207. The normalized spacial score (nSPS) is 23.5. The number of hydrogen-bond donors (Lipinski definition) is 0. The van der Waals surface area contributed by atoms with E-state index in [2.05, 4.69) is 39.5 Å². The van der Waals surface area contributed by atoms with Gasteiger partial charge in [-0.25, -0.2) is 0 Å². The Balaban J connectivity index is 2.68. The van der Waals surface area contributed by atoms with Crippen molar-refractivity contribution in [2.24, 2.45) is 11.3 Å². The third-order valence-corrected chi connectivity index (χ3v) is 3.66. The minimum Gasteiger partial charge on any atom is -0.295 e. The van der Waals surface area contributed by atoms with Crippen LogP contribution in [-0.2, 0) is 4.79 Å². The van der Waals surface area contributed by atoms with Crippen LogP contribution >= 0.6 is 0 Å². The number of hydrogen-bond acceptors (Lipinski definition) is 1. The third-order valence-electron chi connectivity index (χ3n) is 3.66. The smallest absolute Gasteiger partial charge is 0.155 e. The van der Waals surface area contributed by atoms with E-state index in [-0.39, 0.29) is 11.2 Å². The summed E-state index contributed by atoms with van der Waals surface area (Å²) in [6.45, 7) is 10.4. The van der Waals surface area contributed by atoms with Gasteiger partial charge in [-0.3, -0.25) is 4.79 Å². The molecule has 1 nitrogen and oxygen atoms in total. The van der Waals surface area contributed by atoms with Crippen LogP contribution in [0.4, 0.5) is 0 Å². The van der Waals surface area contributed by atoms with Gasteiger partial charge in [-0.05, 0) is 37.7 Å². The summed E-state index contributed by atoms with van der Waals surface area (Å²) in [6.07, 6.45) is 11.7. The van der Waals surface area contributed by atoms with E-state index >= 15 is 0 Å². The number of rotatable bonds is 5.